The molecule has 2 heterocycles. The molecule has 2 aliphatic heterocycles. The third-order valence-electron chi connectivity index (χ3n) is 5.33. The lowest BCUT2D eigenvalue weighted by atomic mass is 10.0. The highest BCUT2D eigenvalue weighted by Crippen LogP contribution is 2.41. The van der Waals surface area contributed by atoms with E-state index in [1.54, 1.807) is 31.5 Å². The minimum absolute atomic E-state index is 0.164. The molecule has 31 heavy (non-hydrogen) atoms. The van der Waals surface area contributed by atoms with E-state index in [9.17, 15) is 4.79 Å². The van der Waals surface area contributed by atoms with Crippen LogP contribution in [-0.2, 0) is 0 Å². The highest BCUT2D eigenvalue weighted by atomic mass is 16.7. The van der Waals surface area contributed by atoms with Crippen LogP contribution >= 0.6 is 0 Å². The van der Waals surface area contributed by atoms with Gasteiger partial charge < -0.3 is 9.47 Å². The number of fused-ring (bicyclic) bond motifs is 2. The lowest BCUT2D eigenvalue weighted by molar-refractivity contribution is -0.166. The van der Waals surface area contributed by atoms with Gasteiger partial charge in [0.2, 0.25) is 0 Å². The highest BCUT2D eigenvalue weighted by molar-refractivity contribution is 5.98. The number of anilines is 1. The van der Waals surface area contributed by atoms with Gasteiger partial charge in [-0.2, -0.15) is 5.10 Å². The van der Waals surface area contributed by atoms with E-state index in [2.05, 4.69) is 10.5 Å². The van der Waals surface area contributed by atoms with Crippen molar-refractivity contribution in [3.63, 3.8) is 0 Å². The second kappa shape index (κ2) is 7.32. The Kier molecular flexibility index (Phi) is 4.47. The molecule has 6 heteroatoms. The van der Waals surface area contributed by atoms with Crippen LogP contribution in [0.15, 0.2) is 77.9 Å². The SMILES string of the molecule is Cc1cc2c(c(C=NNc3ccccc3)c1)O[C@]1(C=C2)Oc2ccccc2C(=O)N1C. The van der Waals surface area contributed by atoms with E-state index in [1.807, 2.05) is 67.6 Å². The molecule has 0 radical (unpaired) electrons. The molecule has 0 saturated heterocycles. The van der Waals surface area contributed by atoms with Gasteiger partial charge in [-0.15, -0.1) is 0 Å². The number of carbonyl (C=O) groups is 1. The predicted molar refractivity (Wildman–Crippen MR) is 120 cm³/mol. The summed E-state index contributed by atoms with van der Waals surface area (Å²) in [5, 5.41) is 4.36. The van der Waals surface area contributed by atoms with E-state index in [-0.39, 0.29) is 5.91 Å². The van der Waals surface area contributed by atoms with Gasteiger partial charge in [-0.25, -0.2) is 0 Å². The molecule has 1 atom stereocenters. The van der Waals surface area contributed by atoms with Gasteiger partial charge >= 0.3 is 5.91 Å². The normalized spacial score (nSPS) is 19.0. The number of likely N-dealkylation sites (N-methyl/N-ethyl adjacent to an activating group) is 1. The number of aryl methyl sites for hydroxylation is 1. The zero-order valence-electron chi connectivity index (χ0n) is 17.2. The summed E-state index contributed by atoms with van der Waals surface area (Å²) < 4.78 is 12.6. The van der Waals surface area contributed by atoms with Gasteiger partial charge in [0.25, 0.3) is 5.91 Å². The van der Waals surface area contributed by atoms with Gasteiger partial charge in [-0.3, -0.25) is 15.1 Å². The number of carbonyl (C=O) groups excluding carboxylic acids is 1. The first-order chi connectivity index (χ1) is 15.1. The molecule has 0 fully saturated rings. The molecule has 0 aliphatic carbocycles. The monoisotopic (exact) mass is 411 g/mol. The maximum Gasteiger partial charge on any atom is 0.362 e. The minimum atomic E-state index is -1.36. The minimum Gasteiger partial charge on any atom is -0.431 e. The molecule has 1 amide bonds. The maximum absolute atomic E-state index is 13.0. The van der Waals surface area contributed by atoms with E-state index >= 15 is 0 Å². The van der Waals surface area contributed by atoms with Crippen molar-refractivity contribution >= 4 is 23.9 Å². The van der Waals surface area contributed by atoms with E-state index in [1.165, 1.54) is 4.90 Å². The molecule has 0 unspecified atom stereocenters. The Labute approximate surface area is 180 Å². The maximum atomic E-state index is 13.0. The summed E-state index contributed by atoms with van der Waals surface area (Å²) in [6.45, 7) is 2.02. The number of hydrazone groups is 1. The topological polar surface area (TPSA) is 63.2 Å². The highest BCUT2D eigenvalue weighted by Gasteiger charge is 2.47. The Bertz CT molecular complexity index is 1220. The molecule has 3 aromatic carbocycles. The van der Waals surface area contributed by atoms with Crippen molar-refractivity contribution in [1.82, 2.24) is 4.90 Å². The lowest BCUT2D eigenvalue weighted by Gasteiger charge is -2.44. The molecular weight excluding hydrogens is 390 g/mol. The summed E-state index contributed by atoms with van der Waals surface area (Å²) in [6.07, 6.45) is 5.40. The Hall–Kier alpha value is -4.06. The number of para-hydroxylation sites is 2. The van der Waals surface area contributed by atoms with Crippen molar-refractivity contribution in [3.05, 3.63) is 95.1 Å². The number of benzene rings is 3. The van der Waals surface area contributed by atoms with Crippen LogP contribution in [0.2, 0.25) is 0 Å². The van der Waals surface area contributed by atoms with Gasteiger partial charge in [-0.05, 0) is 55.0 Å². The van der Waals surface area contributed by atoms with Crippen molar-refractivity contribution < 1.29 is 14.3 Å². The summed E-state index contributed by atoms with van der Waals surface area (Å²) >= 11 is 0. The van der Waals surface area contributed by atoms with Crippen LogP contribution in [0, 0.1) is 6.92 Å². The predicted octanol–water partition coefficient (Wildman–Crippen LogP) is 4.67. The number of rotatable bonds is 3. The van der Waals surface area contributed by atoms with Crippen LogP contribution in [0.25, 0.3) is 6.08 Å². The standard InChI is InChI=1S/C25H21N3O3/c1-17-14-18-12-13-25(28(2)24(29)21-10-6-7-11-22(21)30-25)31-23(18)19(15-17)16-26-27-20-8-4-3-5-9-20/h3-16,27H,1-2H3/t25-/m0/s1. The fraction of sp³-hybridized carbons (Fsp3) is 0.120. The Balaban J connectivity index is 1.50. The van der Waals surface area contributed by atoms with E-state index in [4.69, 9.17) is 9.47 Å². The summed E-state index contributed by atoms with van der Waals surface area (Å²) in [6, 6.07) is 20.9. The first-order valence-electron chi connectivity index (χ1n) is 9.99. The van der Waals surface area contributed by atoms with Crippen LogP contribution in [0.4, 0.5) is 5.69 Å². The molecule has 1 N–H and O–H groups in total. The van der Waals surface area contributed by atoms with Gasteiger partial charge in [0.1, 0.15) is 11.5 Å². The van der Waals surface area contributed by atoms with E-state index < -0.39 is 5.91 Å². The van der Waals surface area contributed by atoms with Crippen LogP contribution in [-0.4, -0.2) is 30.0 Å². The quantitative estimate of drug-likeness (QED) is 0.503. The molecule has 154 valence electrons. The van der Waals surface area contributed by atoms with Crippen molar-refractivity contribution in [1.29, 1.82) is 0 Å². The number of ether oxygens (including phenoxy) is 2. The average molecular weight is 411 g/mol. The zero-order chi connectivity index (χ0) is 21.4. The number of hydrogen-bond acceptors (Lipinski definition) is 5. The molecule has 6 nitrogen and oxygen atoms in total. The van der Waals surface area contributed by atoms with Crippen LogP contribution in [0.1, 0.15) is 27.0 Å². The largest absolute Gasteiger partial charge is 0.431 e. The van der Waals surface area contributed by atoms with E-state index in [0.29, 0.717) is 17.1 Å². The lowest BCUT2D eigenvalue weighted by Crippen LogP contribution is -2.60. The molecular formula is C25H21N3O3. The Morgan fingerprint density at radius 1 is 1.03 bits per heavy atom. The van der Waals surface area contributed by atoms with E-state index in [0.717, 1.165) is 22.4 Å². The first kappa shape index (κ1) is 18.9. The summed E-state index contributed by atoms with van der Waals surface area (Å²) in [5.41, 5.74) is 7.17. The fourth-order valence-electron chi connectivity index (χ4n) is 3.75. The van der Waals surface area contributed by atoms with Crippen LogP contribution < -0.4 is 14.9 Å². The van der Waals surface area contributed by atoms with Crippen molar-refractivity contribution in [2.75, 3.05) is 12.5 Å². The summed E-state index contributed by atoms with van der Waals surface area (Å²) in [5.74, 6) is -0.427. The van der Waals surface area contributed by atoms with Gasteiger partial charge in [-0.1, -0.05) is 30.3 Å². The fourth-order valence-corrected chi connectivity index (χ4v) is 3.75. The second-order valence-electron chi connectivity index (χ2n) is 7.54. The zero-order valence-corrected chi connectivity index (χ0v) is 17.2. The van der Waals surface area contributed by atoms with Crippen molar-refractivity contribution in [2.24, 2.45) is 5.10 Å². The Morgan fingerprint density at radius 2 is 1.81 bits per heavy atom. The smallest absolute Gasteiger partial charge is 0.362 e. The summed E-state index contributed by atoms with van der Waals surface area (Å²) in [7, 11) is 1.67. The van der Waals surface area contributed by atoms with Crippen molar-refractivity contribution in [3.8, 4) is 11.5 Å². The molecule has 1 spiro atoms. The number of hydrogen-bond donors (Lipinski definition) is 1. The number of nitrogens with one attached hydrogen (secondary N) is 1. The van der Waals surface area contributed by atoms with Crippen LogP contribution in [0.5, 0.6) is 11.5 Å². The third-order valence-corrected chi connectivity index (χ3v) is 5.33. The molecule has 2 aliphatic rings. The number of nitrogens with zero attached hydrogens (tertiary/aromatic N) is 2. The van der Waals surface area contributed by atoms with Crippen LogP contribution in [0.3, 0.4) is 0 Å². The van der Waals surface area contributed by atoms with Gasteiger partial charge in [0.15, 0.2) is 0 Å². The average Bonchev–Trinajstić information content (AvgIpc) is 2.79. The third kappa shape index (κ3) is 3.32. The molecule has 3 aromatic rings. The number of amides is 1. The molecule has 5 rings (SSSR count). The van der Waals surface area contributed by atoms with Gasteiger partial charge in [0, 0.05) is 24.3 Å². The second-order valence-corrected chi connectivity index (χ2v) is 7.54. The summed E-state index contributed by atoms with van der Waals surface area (Å²) in [4.78, 5) is 14.4. The molecule has 0 saturated carbocycles. The van der Waals surface area contributed by atoms with Crippen molar-refractivity contribution in [2.45, 2.75) is 12.8 Å². The molecule has 0 bridgehead atoms. The molecule has 0 aromatic heterocycles. The van der Waals surface area contributed by atoms with Gasteiger partial charge in [0.05, 0.1) is 17.5 Å². The Morgan fingerprint density at radius 3 is 2.65 bits per heavy atom. The first-order valence-corrected chi connectivity index (χ1v) is 9.99.